The minimum atomic E-state index is 0.674. The van der Waals surface area contributed by atoms with Crippen molar-refractivity contribution in [1.29, 1.82) is 0 Å². The van der Waals surface area contributed by atoms with E-state index in [-0.39, 0.29) is 0 Å². The van der Waals surface area contributed by atoms with Crippen molar-refractivity contribution in [3.63, 3.8) is 0 Å². The topological polar surface area (TPSA) is 72.3 Å². The molecule has 120 valence electrons. The van der Waals surface area contributed by atoms with Gasteiger partial charge in [0.15, 0.2) is 11.5 Å². The van der Waals surface area contributed by atoms with Crippen LogP contribution in [0.4, 0.5) is 0 Å². The summed E-state index contributed by atoms with van der Waals surface area (Å²) in [6.45, 7) is 4.57. The second kappa shape index (κ2) is 5.72. The number of nitrogens with one attached hydrogen (secondary N) is 1. The number of nitrogens with zero attached hydrogens (tertiary/aromatic N) is 5. The van der Waals surface area contributed by atoms with Crippen LogP contribution >= 0.6 is 11.6 Å². The number of hydrogen-bond acceptors (Lipinski definition) is 4. The zero-order chi connectivity index (χ0) is 16.7. The lowest BCUT2D eigenvalue weighted by Crippen LogP contribution is -2.04. The van der Waals surface area contributed by atoms with Gasteiger partial charge < -0.3 is 4.57 Å². The molecule has 3 aromatic heterocycles. The van der Waals surface area contributed by atoms with Crippen molar-refractivity contribution in [2.45, 2.75) is 20.4 Å². The van der Waals surface area contributed by atoms with Crippen molar-refractivity contribution in [1.82, 2.24) is 29.9 Å². The average Bonchev–Trinajstić information content (AvgIpc) is 3.13. The zero-order valence-electron chi connectivity index (χ0n) is 13.3. The second-order valence-electron chi connectivity index (χ2n) is 5.71. The Hall–Kier alpha value is -2.73. The van der Waals surface area contributed by atoms with E-state index in [0.717, 1.165) is 44.5 Å². The van der Waals surface area contributed by atoms with Crippen LogP contribution in [0.15, 0.2) is 36.5 Å². The monoisotopic (exact) mass is 338 g/mol. The number of aromatic nitrogens is 6. The van der Waals surface area contributed by atoms with Crippen molar-refractivity contribution < 1.29 is 0 Å². The van der Waals surface area contributed by atoms with Crippen LogP contribution in [0.5, 0.6) is 0 Å². The van der Waals surface area contributed by atoms with Crippen molar-refractivity contribution in [2.75, 3.05) is 0 Å². The van der Waals surface area contributed by atoms with Gasteiger partial charge in [-0.05, 0) is 37.6 Å². The Morgan fingerprint density at radius 1 is 1.12 bits per heavy atom. The van der Waals surface area contributed by atoms with Crippen LogP contribution < -0.4 is 0 Å². The molecule has 4 aromatic rings. The minimum absolute atomic E-state index is 0.674. The zero-order valence-corrected chi connectivity index (χ0v) is 14.0. The molecule has 0 spiro atoms. The molecule has 0 fully saturated rings. The average molecular weight is 339 g/mol. The van der Waals surface area contributed by atoms with Crippen LogP contribution in [-0.2, 0) is 6.54 Å². The first-order valence-corrected chi connectivity index (χ1v) is 7.95. The normalized spacial score (nSPS) is 11.3. The molecule has 0 bridgehead atoms. The van der Waals surface area contributed by atoms with E-state index in [2.05, 4.69) is 29.9 Å². The van der Waals surface area contributed by atoms with Crippen molar-refractivity contribution in [2.24, 2.45) is 0 Å². The Kier molecular flexibility index (Phi) is 3.54. The fourth-order valence-electron chi connectivity index (χ4n) is 2.71. The van der Waals surface area contributed by atoms with Gasteiger partial charge in [-0.1, -0.05) is 23.7 Å². The van der Waals surface area contributed by atoms with Gasteiger partial charge in [0.25, 0.3) is 0 Å². The molecule has 0 amide bonds. The van der Waals surface area contributed by atoms with Gasteiger partial charge in [-0.2, -0.15) is 5.10 Å². The van der Waals surface area contributed by atoms with Crippen LogP contribution in [0.2, 0.25) is 5.02 Å². The van der Waals surface area contributed by atoms with Crippen molar-refractivity contribution in [3.8, 4) is 11.4 Å². The molecule has 0 radical (unpaired) electrons. The number of benzene rings is 1. The minimum Gasteiger partial charge on any atom is -0.307 e. The van der Waals surface area contributed by atoms with Gasteiger partial charge >= 0.3 is 0 Å². The SMILES string of the molecule is Cc1n[nH]c2ncc(-c3nnc(C)n3Cc3ccc(Cl)cc3)cc12. The fraction of sp³-hybridized carbons (Fsp3) is 0.176. The van der Waals surface area contributed by atoms with Crippen LogP contribution in [0, 0.1) is 13.8 Å². The number of H-pyrrole nitrogens is 1. The molecule has 0 saturated heterocycles. The molecule has 6 nitrogen and oxygen atoms in total. The third-order valence-corrected chi connectivity index (χ3v) is 4.31. The standard InChI is InChI=1S/C17H15ClN6/c1-10-15-7-13(8-19-16(15)22-20-10)17-23-21-11(2)24(17)9-12-3-5-14(18)6-4-12/h3-8H,9H2,1-2H3,(H,19,20,22). The molecule has 24 heavy (non-hydrogen) atoms. The fourth-order valence-corrected chi connectivity index (χ4v) is 2.83. The molecular weight excluding hydrogens is 324 g/mol. The molecule has 0 saturated carbocycles. The molecule has 0 aliphatic rings. The summed E-state index contributed by atoms with van der Waals surface area (Å²) >= 11 is 5.96. The predicted octanol–water partition coefficient (Wildman–Crippen LogP) is 3.53. The Bertz CT molecular complexity index is 1020. The van der Waals surface area contributed by atoms with E-state index >= 15 is 0 Å². The van der Waals surface area contributed by atoms with Gasteiger partial charge in [0, 0.05) is 22.2 Å². The molecule has 0 unspecified atom stereocenters. The molecule has 0 atom stereocenters. The molecule has 3 heterocycles. The smallest absolute Gasteiger partial charge is 0.165 e. The Balaban J connectivity index is 1.77. The highest BCUT2D eigenvalue weighted by Crippen LogP contribution is 2.23. The summed E-state index contributed by atoms with van der Waals surface area (Å²) in [5.41, 5.74) is 3.75. The first kappa shape index (κ1) is 14.8. The van der Waals surface area contributed by atoms with E-state index in [1.165, 1.54) is 0 Å². The highest BCUT2D eigenvalue weighted by Gasteiger charge is 2.14. The van der Waals surface area contributed by atoms with Gasteiger partial charge in [-0.3, -0.25) is 5.10 Å². The summed E-state index contributed by atoms with van der Waals surface area (Å²) in [6, 6.07) is 9.83. The third kappa shape index (κ3) is 2.55. The molecule has 0 aliphatic heterocycles. The summed E-state index contributed by atoms with van der Waals surface area (Å²) in [5.74, 6) is 1.64. The van der Waals surface area contributed by atoms with E-state index in [9.17, 15) is 0 Å². The molecule has 1 aromatic carbocycles. The summed E-state index contributed by atoms with van der Waals surface area (Å²) in [6.07, 6.45) is 1.79. The first-order valence-electron chi connectivity index (χ1n) is 7.57. The highest BCUT2D eigenvalue weighted by atomic mass is 35.5. The molecule has 0 aliphatic carbocycles. The van der Waals surface area contributed by atoms with Crippen LogP contribution in [0.3, 0.4) is 0 Å². The first-order chi connectivity index (χ1) is 11.6. The van der Waals surface area contributed by atoms with Gasteiger partial charge in [0.1, 0.15) is 5.82 Å². The summed E-state index contributed by atoms with van der Waals surface area (Å²) < 4.78 is 2.07. The molecule has 1 N–H and O–H groups in total. The van der Waals surface area contributed by atoms with Gasteiger partial charge in [-0.15, -0.1) is 10.2 Å². The van der Waals surface area contributed by atoms with E-state index in [1.807, 2.05) is 44.2 Å². The van der Waals surface area contributed by atoms with Crippen LogP contribution in [0.1, 0.15) is 17.1 Å². The number of hydrogen-bond donors (Lipinski definition) is 1. The van der Waals surface area contributed by atoms with Crippen molar-refractivity contribution >= 4 is 22.6 Å². The van der Waals surface area contributed by atoms with Crippen LogP contribution in [-0.4, -0.2) is 29.9 Å². The number of pyridine rings is 1. The number of aryl methyl sites for hydroxylation is 2. The lowest BCUT2D eigenvalue weighted by atomic mass is 10.2. The summed E-state index contributed by atoms with van der Waals surface area (Å²) in [7, 11) is 0. The van der Waals surface area contributed by atoms with Gasteiger partial charge in [0.2, 0.25) is 0 Å². The van der Waals surface area contributed by atoms with Crippen molar-refractivity contribution in [3.05, 3.63) is 58.6 Å². The summed E-state index contributed by atoms with van der Waals surface area (Å²) in [5, 5.41) is 17.4. The molecule has 4 rings (SSSR count). The van der Waals surface area contributed by atoms with E-state index in [0.29, 0.717) is 6.54 Å². The number of halogens is 1. The van der Waals surface area contributed by atoms with Gasteiger partial charge in [0.05, 0.1) is 12.2 Å². The lowest BCUT2D eigenvalue weighted by Gasteiger charge is -2.09. The van der Waals surface area contributed by atoms with Gasteiger partial charge in [-0.25, -0.2) is 4.98 Å². The van der Waals surface area contributed by atoms with E-state index in [1.54, 1.807) is 6.20 Å². The van der Waals surface area contributed by atoms with E-state index in [4.69, 9.17) is 11.6 Å². The quantitative estimate of drug-likeness (QED) is 0.620. The Labute approximate surface area is 143 Å². The number of rotatable bonds is 3. The maximum atomic E-state index is 5.96. The maximum Gasteiger partial charge on any atom is 0.165 e. The largest absolute Gasteiger partial charge is 0.307 e. The third-order valence-electron chi connectivity index (χ3n) is 4.05. The predicted molar refractivity (Wildman–Crippen MR) is 92.9 cm³/mol. The highest BCUT2D eigenvalue weighted by molar-refractivity contribution is 6.30. The number of aromatic amines is 1. The summed E-state index contributed by atoms with van der Waals surface area (Å²) in [4.78, 5) is 4.43. The number of fused-ring (bicyclic) bond motifs is 1. The second-order valence-corrected chi connectivity index (χ2v) is 6.15. The van der Waals surface area contributed by atoms with E-state index < -0.39 is 0 Å². The lowest BCUT2D eigenvalue weighted by molar-refractivity contribution is 0.768. The maximum absolute atomic E-state index is 5.96. The molecular formula is C17H15ClN6. The molecule has 7 heteroatoms. The Morgan fingerprint density at radius 2 is 1.92 bits per heavy atom. The Morgan fingerprint density at radius 3 is 2.71 bits per heavy atom. The van der Waals surface area contributed by atoms with Crippen LogP contribution in [0.25, 0.3) is 22.4 Å².